The lowest BCUT2D eigenvalue weighted by atomic mass is 10.2. The third-order valence-electron chi connectivity index (χ3n) is 4.09. The van der Waals surface area contributed by atoms with E-state index in [4.69, 9.17) is 16.3 Å². The van der Waals surface area contributed by atoms with E-state index >= 15 is 0 Å². The van der Waals surface area contributed by atoms with Crippen molar-refractivity contribution >= 4 is 41.0 Å². The molecule has 2 aromatic rings. The molecule has 1 heterocycles. The van der Waals surface area contributed by atoms with Gasteiger partial charge in [-0.3, -0.25) is 19.3 Å². The summed E-state index contributed by atoms with van der Waals surface area (Å²) in [6.07, 6.45) is 0. The number of amides is 5. The smallest absolute Gasteiger partial charge is 0.334 e. The van der Waals surface area contributed by atoms with Crippen molar-refractivity contribution in [2.75, 3.05) is 11.9 Å². The second-order valence-corrected chi connectivity index (χ2v) is 6.98. The Hall–Kier alpha value is -3.39. The van der Waals surface area contributed by atoms with Crippen LogP contribution in [0, 0.1) is 0 Å². The molecule has 0 atom stereocenters. The van der Waals surface area contributed by atoms with Gasteiger partial charge in [0, 0.05) is 11.1 Å². The summed E-state index contributed by atoms with van der Waals surface area (Å²) in [6, 6.07) is 12.3. The second-order valence-electron chi connectivity index (χ2n) is 6.55. The number of carbonyl (C=O) groups excluding carboxylic acids is 4. The molecule has 29 heavy (non-hydrogen) atoms. The number of nitrogens with one attached hydrogen (secondary N) is 1. The summed E-state index contributed by atoms with van der Waals surface area (Å²) >= 11 is 6.02. The van der Waals surface area contributed by atoms with Gasteiger partial charge in [0.15, 0.2) is 5.75 Å². The molecule has 1 fully saturated rings. The Bertz CT molecular complexity index is 977. The summed E-state index contributed by atoms with van der Waals surface area (Å²) in [5.74, 6) is -1.79. The molecule has 1 aliphatic rings. The molecule has 0 aliphatic carbocycles. The Labute approximate surface area is 172 Å². The topological polar surface area (TPSA) is 96.0 Å². The van der Waals surface area contributed by atoms with Crippen molar-refractivity contribution in [3.8, 4) is 11.5 Å². The quantitative estimate of drug-likeness (QED) is 0.577. The van der Waals surface area contributed by atoms with Crippen molar-refractivity contribution < 1.29 is 23.9 Å². The fourth-order valence-corrected chi connectivity index (χ4v) is 2.93. The van der Waals surface area contributed by atoms with Crippen molar-refractivity contribution in [3.63, 3.8) is 0 Å². The number of hydrogen-bond acceptors (Lipinski definition) is 5. The van der Waals surface area contributed by atoms with Crippen LogP contribution in [-0.2, 0) is 14.4 Å². The minimum Gasteiger partial charge on any atom is -0.455 e. The van der Waals surface area contributed by atoms with Gasteiger partial charge in [-0.15, -0.1) is 0 Å². The molecule has 0 unspecified atom stereocenters. The predicted octanol–water partition coefficient (Wildman–Crippen LogP) is 3.27. The van der Waals surface area contributed by atoms with Crippen LogP contribution in [0.3, 0.4) is 0 Å². The zero-order valence-corrected chi connectivity index (χ0v) is 16.5. The molecule has 0 bridgehead atoms. The number of ether oxygens (including phenoxy) is 1. The predicted molar refractivity (Wildman–Crippen MR) is 106 cm³/mol. The van der Waals surface area contributed by atoms with Crippen LogP contribution in [0.5, 0.6) is 11.5 Å². The molecule has 0 spiro atoms. The zero-order valence-electron chi connectivity index (χ0n) is 15.7. The van der Waals surface area contributed by atoms with Crippen molar-refractivity contribution in [1.29, 1.82) is 0 Å². The highest BCUT2D eigenvalue weighted by Crippen LogP contribution is 2.32. The zero-order chi connectivity index (χ0) is 21.1. The number of benzene rings is 2. The molecule has 9 heteroatoms. The van der Waals surface area contributed by atoms with Crippen molar-refractivity contribution in [1.82, 2.24) is 9.80 Å². The molecule has 1 saturated heterocycles. The molecule has 5 amide bonds. The highest BCUT2D eigenvalue weighted by atomic mass is 35.5. The molecule has 0 radical (unpaired) electrons. The Morgan fingerprint density at radius 3 is 2.38 bits per heavy atom. The summed E-state index contributed by atoms with van der Waals surface area (Å²) in [7, 11) is 0. The van der Waals surface area contributed by atoms with Crippen molar-refractivity contribution in [2.45, 2.75) is 19.9 Å². The number of para-hydroxylation sites is 1. The van der Waals surface area contributed by atoms with Crippen LogP contribution in [0.4, 0.5) is 10.5 Å². The average Bonchev–Trinajstić information content (AvgIpc) is 2.88. The first-order valence-corrected chi connectivity index (χ1v) is 9.17. The number of anilines is 1. The van der Waals surface area contributed by atoms with E-state index < -0.39 is 36.3 Å². The van der Waals surface area contributed by atoms with Crippen LogP contribution in [0.25, 0.3) is 0 Å². The Balaban J connectivity index is 1.76. The largest absolute Gasteiger partial charge is 0.455 e. The van der Waals surface area contributed by atoms with Gasteiger partial charge in [-0.05, 0) is 44.2 Å². The van der Waals surface area contributed by atoms with Gasteiger partial charge in [0.1, 0.15) is 12.3 Å². The van der Waals surface area contributed by atoms with Crippen LogP contribution < -0.4 is 10.1 Å². The normalized spacial score (nSPS) is 14.0. The van der Waals surface area contributed by atoms with Crippen LogP contribution in [0.15, 0.2) is 48.5 Å². The van der Waals surface area contributed by atoms with E-state index in [0.717, 1.165) is 4.90 Å². The summed E-state index contributed by atoms with van der Waals surface area (Å²) in [5.41, 5.74) is 0.262. The molecular weight excluding hydrogens is 398 g/mol. The van der Waals surface area contributed by atoms with Gasteiger partial charge < -0.3 is 10.1 Å². The van der Waals surface area contributed by atoms with Gasteiger partial charge in [-0.1, -0.05) is 29.8 Å². The van der Waals surface area contributed by atoms with Crippen LogP contribution in [0.1, 0.15) is 13.8 Å². The molecule has 1 N–H and O–H groups in total. The molecule has 2 aromatic carbocycles. The standard InChI is InChI=1S/C20H18ClN3O5/c1-12(2)24-19(27)18(26)23(20(24)28)11-17(25)22-15-10-13(21)8-9-16(15)29-14-6-4-3-5-7-14/h3-10,12H,11H2,1-2H3,(H,22,25). The maximum Gasteiger partial charge on any atom is 0.334 e. The van der Waals surface area contributed by atoms with Gasteiger partial charge in [0.05, 0.1) is 5.69 Å². The molecule has 8 nitrogen and oxygen atoms in total. The third-order valence-corrected chi connectivity index (χ3v) is 4.32. The number of carbonyl (C=O) groups is 4. The highest BCUT2D eigenvalue weighted by Gasteiger charge is 2.46. The minimum atomic E-state index is -1.04. The second kappa shape index (κ2) is 8.32. The minimum absolute atomic E-state index is 0.262. The SMILES string of the molecule is CC(C)N1C(=O)C(=O)N(CC(=O)Nc2cc(Cl)ccc2Oc2ccccc2)C1=O. The number of rotatable bonds is 6. The lowest BCUT2D eigenvalue weighted by molar-refractivity contribution is -0.144. The van der Waals surface area contributed by atoms with Gasteiger partial charge in [0.2, 0.25) is 5.91 Å². The molecule has 0 aromatic heterocycles. The van der Waals surface area contributed by atoms with E-state index in [-0.39, 0.29) is 5.69 Å². The molecular formula is C20H18ClN3O5. The molecule has 0 saturated carbocycles. The number of imide groups is 2. The summed E-state index contributed by atoms with van der Waals surface area (Å²) in [6.45, 7) is 2.60. The number of halogens is 1. The van der Waals surface area contributed by atoms with E-state index in [0.29, 0.717) is 21.4 Å². The fraction of sp³-hybridized carbons (Fsp3) is 0.200. The first kappa shape index (κ1) is 20.3. The average molecular weight is 416 g/mol. The van der Waals surface area contributed by atoms with Gasteiger partial charge in [0.25, 0.3) is 0 Å². The van der Waals surface area contributed by atoms with Crippen LogP contribution in [-0.4, -0.2) is 46.1 Å². The third kappa shape index (κ3) is 4.38. The van der Waals surface area contributed by atoms with E-state index in [1.54, 1.807) is 50.2 Å². The Morgan fingerprint density at radius 1 is 1.07 bits per heavy atom. The van der Waals surface area contributed by atoms with Crippen LogP contribution >= 0.6 is 11.6 Å². The number of hydrogen-bond donors (Lipinski definition) is 1. The van der Waals surface area contributed by atoms with E-state index in [2.05, 4.69) is 5.32 Å². The maximum atomic E-state index is 12.5. The van der Waals surface area contributed by atoms with Crippen molar-refractivity contribution in [2.24, 2.45) is 0 Å². The maximum absolute atomic E-state index is 12.5. The Kier molecular flexibility index (Phi) is 5.84. The lowest BCUT2D eigenvalue weighted by Crippen LogP contribution is -2.40. The van der Waals surface area contributed by atoms with E-state index in [1.165, 1.54) is 6.07 Å². The molecule has 3 rings (SSSR count). The first-order chi connectivity index (χ1) is 13.8. The number of urea groups is 1. The monoisotopic (exact) mass is 415 g/mol. The fourth-order valence-electron chi connectivity index (χ4n) is 2.75. The van der Waals surface area contributed by atoms with Gasteiger partial charge >= 0.3 is 17.8 Å². The summed E-state index contributed by atoms with van der Waals surface area (Å²) in [5, 5.41) is 2.93. The lowest BCUT2D eigenvalue weighted by Gasteiger charge is -2.18. The van der Waals surface area contributed by atoms with Gasteiger partial charge in [-0.25, -0.2) is 9.69 Å². The van der Waals surface area contributed by atoms with Crippen molar-refractivity contribution in [3.05, 3.63) is 53.6 Å². The van der Waals surface area contributed by atoms with Crippen LogP contribution in [0.2, 0.25) is 5.02 Å². The molecule has 150 valence electrons. The highest BCUT2D eigenvalue weighted by molar-refractivity contribution is 6.45. The van der Waals surface area contributed by atoms with E-state index in [9.17, 15) is 19.2 Å². The number of nitrogens with zero attached hydrogens (tertiary/aromatic N) is 2. The van der Waals surface area contributed by atoms with Gasteiger partial charge in [-0.2, -0.15) is 0 Å². The molecule has 1 aliphatic heterocycles. The Morgan fingerprint density at radius 2 is 1.76 bits per heavy atom. The van der Waals surface area contributed by atoms with E-state index in [1.807, 2.05) is 6.07 Å². The summed E-state index contributed by atoms with van der Waals surface area (Å²) in [4.78, 5) is 50.2. The summed E-state index contributed by atoms with van der Waals surface area (Å²) < 4.78 is 5.76. The first-order valence-electron chi connectivity index (χ1n) is 8.79.